The molecule has 5 aromatic rings. The maximum absolute atomic E-state index is 8.56. The van der Waals surface area contributed by atoms with Crippen molar-refractivity contribution in [3.8, 4) is 22.3 Å². The van der Waals surface area contributed by atoms with E-state index in [0.29, 0.717) is 11.4 Å². The van der Waals surface area contributed by atoms with Crippen molar-refractivity contribution in [3.63, 3.8) is 0 Å². The van der Waals surface area contributed by atoms with Crippen LogP contribution in [0.3, 0.4) is 0 Å². The number of pyridine rings is 1. The number of anilines is 1. The lowest BCUT2D eigenvalue weighted by atomic mass is 9.86. The smallest absolute Gasteiger partial charge is 0.108 e. The van der Waals surface area contributed by atoms with E-state index in [1.807, 2.05) is 54.9 Å². The molecule has 0 unspecified atom stereocenters. The molecular formula is C37H32N4. The highest BCUT2D eigenvalue weighted by Gasteiger charge is 2.14. The van der Waals surface area contributed by atoms with Crippen LogP contribution in [0.2, 0.25) is 0 Å². The predicted molar refractivity (Wildman–Crippen MR) is 174 cm³/mol. The van der Waals surface area contributed by atoms with Crippen LogP contribution in [0.15, 0.2) is 133 Å². The quantitative estimate of drug-likeness (QED) is 0.175. The van der Waals surface area contributed by atoms with E-state index in [9.17, 15) is 0 Å². The molecule has 0 atom stereocenters. The molecule has 4 nitrogen and oxygen atoms in total. The van der Waals surface area contributed by atoms with Gasteiger partial charge in [0.1, 0.15) is 5.71 Å². The second kappa shape index (κ2) is 10.8. The molecule has 6 rings (SSSR count). The van der Waals surface area contributed by atoms with Gasteiger partial charge in [0.25, 0.3) is 0 Å². The van der Waals surface area contributed by atoms with Gasteiger partial charge in [-0.3, -0.25) is 15.8 Å². The Labute approximate surface area is 241 Å². The number of hydrogen-bond acceptors (Lipinski definition) is 4. The predicted octanol–water partition coefficient (Wildman–Crippen LogP) is 9.31. The van der Waals surface area contributed by atoms with Crippen LogP contribution in [0, 0.1) is 5.41 Å². The number of fused-ring (bicyclic) bond motifs is 1. The Morgan fingerprint density at radius 3 is 2.00 bits per heavy atom. The molecule has 0 fully saturated rings. The summed E-state index contributed by atoms with van der Waals surface area (Å²) in [6.07, 6.45) is 9.56. The molecule has 0 saturated heterocycles. The molecule has 4 aromatic carbocycles. The summed E-state index contributed by atoms with van der Waals surface area (Å²) in [6, 6.07) is 33.7. The Morgan fingerprint density at radius 1 is 0.683 bits per heavy atom. The van der Waals surface area contributed by atoms with Crippen LogP contribution in [0.5, 0.6) is 0 Å². The van der Waals surface area contributed by atoms with E-state index in [2.05, 4.69) is 109 Å². The summed E-state index contributed by atoms with van der Waals surface area (Å²) in [5.41, 5.74) is 13.0. The molecule has 0 radical (unpaired) electrons. The van der Waals surface area contributed by atoms with Crippen molar-refractivity contribution in [3.05, 3.63) is 139 Å². The van der Waals surface area contributed by atoms with Gasteiger partial charge < -0.3 is 0 Å². The zero-order valence-electron chi connectivity index (χ0n) is 23.5. The first-order chi connectivity index (χ1) is 19.8. The minimum absolute atomic E-state index is 0.144. The number of allylic oxidation sites excluding steroid dienone is 4. The standard InChI is InChI=1S/C37H32N4/c1-37(2,3)31-17-12-26(13-18-31)25-8-10-27(11-9-25)29-16-21-36(35(38)22-29)41-40-32-19-14-28(15-20-32)34-24-39-23-30-6-4-5-7-33(30)34/h4-24,38,40H,1-3H3/b38-35?,41-36-. The Kier molecular flexibility index (Phi) is 6.90. The fraction of sp³-hybridized carbons (Fsp3) is 0.108. The Bertz CT molecular complexity index is 1810. The van der Waals surface area contributed by atoms with Crippen molar-refractivity contribution in [2.75, 3.05) is 5.43 Å². The number of hydrazone groups is 1. The Hall–Kier alpha value is -5.09. The van der Waals surface area contributed by atoms with E-state index in [4.69, 9.17) is 5.41 Å². The number of benzene rings is 4. The van der Waals surface area contributed by atoms with E-state index >= 15 is 0 Å². The van der Waals surface area contributed by atoms with Crippen LogP contribution in [-0.2, 0) is 5.41 Å². The lowest BCUT2D eigenvalue weighted by molar-refractivity contribution is 0.590. The van der Waals surface area contributed by atoms with Crippen molar-refractivity contribution in [1.82, 2.24) is 4.98 Å². The van der Waals surface area contributed by atoms with Crippen molar-refractivity contribution < 1.29 is 0 Å². The number of hydrogen-bond donors (Lipinski definition) is 2. The van der Waals surface area contributed by atoms with Crippen LogP contribution in [-0.4, -0.2) is 16.4 Å². The van der Waals surface area contributed by atoms with Gasteiger partial charge in [0.2, 0.25) is 0 Å². The maximum atomic E-state index is 8.56. The summed E-state index contributed by atoms with van der Waals surface area (Å²) in [5, 5.41) is 15.3. The van der Waals surface area contributed by atoms with E-state index < -0.39 is 0 Å². The summed E-state index contributed by atoms with van der Waals surface area (Å²) in [4.78, 5) is 4.40. The van der Waals surface area contributed by atoms with Crippen LogP contribution in [0.1, 0.15) is 31.9 Å². The van der Waals surface area contributed by atoms with E-state index in [0.717, 1.165) is 33.3 Å². The van der Waals surface area contributed by atoms with Gasteiger partial charge in [0.15, 0.2) is 0 Å². The first-order valence-electron chi connectivity index (χ1n) is 13.8. The minimum atomic E-state index is 0.144. The number of rotatable bonds is 5. The van der Waals surface area contributed by atoms with Crippen LogP contribution in [0.25, 0.3) is 38.6 Å². The summed E-state index contributed by atoms with van der Waals surface area (Å²) < 4.78 is 0. The Balaban J connectivity index is 1.12. The van der Waals surface area contributed by atoms with Crippen molar-refractivity contribution in [2.45, 2.75) is 26.2 Å². The third kappa shape index (κ3) is 5.64. The van der Waals surface area contributed by atoms with E-state index in [1.165, 1.54) is 22.1 Å². The largest absolute Gasteiger partial charge is 0.299 e. The molecule has 0 saturated carbocycles. The average molecular weight is 533 g/mol. The minimum Gasteiger partial charge on any atom is -0.299 e. The summed E-state index contributed by atoms with van der Waals surface area (Å²) in [5.74, 6) is 0. The molecule has 0 aliphatic heterocycles. The number of aromatic nitrogens is 1. The molecule has 0 amide bonds. The molecule has 1 heterocycles. The van der Waals surface area contributed by atoms with Gasteiger partial charge in [-0.1, -0.05) is 112 Å². The molecule has 0 spiro atoms. The SMILES string of the molecule is CC(C)(C)c1ccc(-c2ccc(C3=CC(=N)/C(=N\Nc4ccc(-c5cncc6ccccc56)cc4)C=C3)cc2)cc1. The fourth-order valence-electron chi connectivity index (χ4n) is 5.03. The van der Waals surface area contributed by atoms with Crippen molar-refractivity contribution in [2.24, 2.45) is 5.10 Å². The summed E-state index contributed by atoms with van der Waals surface area (Å²) >= 11 is 0. The highest BCUT2D eigenvalue weighted by molar-refractivity contribution is 6.51. The first kappa shape index (κ1) is 26.1. The zero-order valence-corrected chi connectivity index (χ0v) is 23.5. The van der Waals surface area contributed by atoms with Gasteiger partial charge in [-0.2, -0.15) is 5.10 Å². The molecule has 0 bridgehead atoms. The zero-order chi connectivity index (χ0) is 28.4. The van der Waals surface area contributed by atoms with Gasteiger partial charge in [-0.05, 0) is 68.5 Å². The van der Waals surface area contributed by atoms with Crippen LogP contribution in [0.4, 0.5) is 5.69 Å². The van der Waals surface area contributed by atoms with Crippen molar-refractivity contribution >= 4 is 33.5 Å². The highest BCUT2D eigenvalue weighted by atomic mass is 15.3. The van der Waals surface area contributed by atoms with Gasteiger partial charge in [0, 0.05) is 23.3 Å². The number of nitrogens with zero attached hydrogens (tertiary/aromatic N) is 2. The molecule has 2 N–H and O–H groups in total. The molecule has 200 valence electrons. The monoisotopic (exact) mass is 532 g/mol. The first-order valence-corrected chi connectivity index (χ1v) is 13.8. The van der Waals surface area contributed by atoms with Crippen molar-refractivity contribution in [1.29, 1.82) is 5.41 Å². The fourth-order valence-corrected chi connectivity index (χ4v) is 5.03. The second-order valence-electron chi connectivity index (χ2n) is 11.3. The topological polar surface area (TPSA) is 61.1 Å². The molecular weight excluding hydrogens is 500 g/mol. The summed E-state index contributed by atoms with van der Waals surface area (Å²) in [6.45, 7) is 6.69. The van der Waals surface area contributed by atoms with E-state index in [-0.39, 0.29) is 5.41 Å². The lowest BCUT2D eigenvalue weighted by Crippen LogP contribution is -2.13. The average Bonchev–Trinajstić information content (AvgIpc) is 3.00. The molecule has 41 heavy (non-hydrogen) atoms. The number of nitrogens with one attached hydrogen (secondary N) is 2. The van der Waals surface area contributed by atoms with Crippen LogP contribution < -0.4 is 5.43 Å². The molecule has 1 aliphatic carbocycles. The second-order valence-corrected chi connectivity index (χ2v) is 11.3. The van der Waals surface area contributed by atoms with Gasteiger partial charge >= 0.3 is 0 Å². The highest BCUT2D eigenvalue weighted by Crippen LogP contribution is 2.30. The van der Waals surface area contributed by atoms with Gasteiger partial charge in [-0.15, -0.1) is 0 Å². The molecule has 1 aliphatic rings. The maximum Gasteiger partial charge on any atom is 0.108 e. The Morgan fingerprint density at radius 2 is 1.32 bits per heavy atom. The molecule has 1 aromatic heterocycles. The third-order valence-corrected chi connectivity index (χ3v) is 7.47. The van der Waals surface area contributed by atoms with Gasteiger partial charge in [-0.25, -0.2) is 0 Å². The van der Waals surface area contributed by atoms with Crippen LogP contribution >= 0.6 is 0 Å². The summed E-state index contributed by atoms with van der Waals surface area (Å²) in [7, 11) is 0. The lowest BCUT2D eigenvalue weighted by Gasteiger charge is -2.19. The van der Waals surface area contributed by atoms with Gasteiger partial charge in [0.05, 0.1) is 11.4 Å². The third-order valence-electron chi connectivity index (χ3n) is 7.47. The normalized spacial score (nSPS) is 14.4. The van der Waals surface area contributed by atoms with E-state index in [1.54, 1.807) is 0 Å². The molecule has 4 heteroatoms.